The summed E-state index contributed by atoms with van der Waals surface area (Å²) in [6.07, 6.45) is 1.76. The number of aromatic nitrogens is 4. The molecule has 5 heteroatoms. The molecule has 0 aliphatic heterocycles. The van der Waals surface area contributed by atoms with Crippen LogP contribution < -0.4 is 5.32 Å². The summed E-state index contributed by atoms with van der Waals surface area (Å²) in [6, 6.07) is 3.91. The lowest BCUT2D eigenvalue weighted by Gasteiger charge is -2.10. The fourth-order valence-corrected chi connectivity index (χ4v) is 1.74. The third kappa shape index (κ3) is 3.71. The first-order valence-corrected chi connectivity index (χ1v) is 6.42. The topological polar surface area (TPSA) is 63.6 Å². The number of nitrogens with one attached hydrogen (secondary N) is 1. The maximum absolute atomic E-state index is 4.50. The molecule has 0 aliphatic rings. The number of rotatable bonds is 4. The van der Waals surface area contributed by atoms with E-state index in [4.69, 9.17) is 0 Å². The molecule has 0 atom stereocenters. The summed E-state index contributed by atoms with van der Waals surface area (Å²) >= 11 is 0. The van der Waals surface area contributed by atoms with Gasteiger partial charge in [-0.1, -0.05) is 13.8 Å². The first kappa shape index (κ1) is 13.4. The quantitative estimate of drug-likeness (QED) is 0.912. The van der Waals surface area contributed by atoms with Gasteiger partial charge in [0.2, 0.25) is 5.95 Å². The van der Waals surface area contributed by atoms with Crippen molar-refractivity contribution in [3.8, 4) is 0 Å². The van der Waals surface area contributed by atoms with E-state index in [9.17, 15) is 0 Å². The van der Waals surface area contributed by atoms with Gasteiger partial charge in [-0.2, -0.15) is 0 Å². The van der Waals surface area contributed by atoms with Gasteiger partial charge in [0.15, 0.2) is 0 Å². The molecule has 2 aromatic heterocycles. The molecule has 0 saturated heterocycles. The Morgan fingerprint density at radius 2 is 1.95 bits per heavy atom. The minimum atomic E-state index is 0.392. The minimum absolute atomic E-state index is 0.392. The van der Waals surface area contributed by atoms with Gasteiger partial charge < -0.3 is 5.32 Å². The molecule has 0 aromatic carbocycles. The molecule has 0 saturated carbocycles. The predicted octanol–water partition coefficient (Wildman–Crippen LogP) is 2.62. The Balaban J connectivity index is 2.11. The lowest BCUT2D eigenvalue weighted by molar-refractivity contribution is 0.807. The number of hydrogen-bond donors (Lipinski definition) is 1. The zero-order valence-electron chi connectivity index (χ0n) is 11.8. The van der Waals surface area contributed by atoms with Crippen molar-refractivity contribution in [3.05, 3.63) is 41.2 Å². The maximum Gasteiger partial charge on any atom is 0.223 e. The molecule has 0 radical (unpaired) electrons. The molecule has 5 nitrogen and oxygen atoms in total. The van der Waals surface area contributed by atoms with Crippen molar-refractivity contribution in [2.45, 2.75) is 40.2 Å². The van der Waals surface area contributed by atoms with Crippen molar-refractivity contribution >= 4 is 5.95 Å². The SMILES string of the molecule is Cc1cc(C(C)C)nc(NCc2ccnc(C)n2)n1. The van der Waals surface area contributed by atoms with Gasteiger partial charge in [-0.25, -0.2) is 19.9 Å². The molecule has 0 fully saturated rings. The standard InChI is InChI=1S/C14H19N5/c1-9(2)13-7-10(3)17-14(19-13)16-8-12-5-6-15-11(4)18-12/h5-7,9H,8H2,1-4H3,(H,16,17,19). The number of aryl methyl sites for hydroxylation is 2. The van der Waals surface area contributed by atoms with Gasteiger partial charge >= 0.3 is 0 Å². The van der Waals surface area contributed by atoms with E-state index in [1.807, 2.05) is 26.0 Å². The highest BCUT2D eigenvalue weighted by Crippen LogP contribution is 2.14. The van der Waals surface area contributed by atoms with Crippen molar-refractivity contribution in [2.75, 3.05) is 5.32 Å². The van der Waals surface area contributed by atoms with Crippen LogP contribution in [0.3, 0.4) is 0 Å². The fourth-order valence-electron chi connectivity index (χ4n) is 1.74. The summed E-state index contributed by atoms with van der Waals surface area (Å²) in [6.45, 7) is 8.71. The van der Waals surface area contributed by atoms with Gasteiger partial charge in [-0.3, -0.25) is 0 Å². The molecule has 0 unspecified atom stereocenters. The smallest absolute Gasteiger partial charge is 0.223 e. The molecule has 1 N–H and O–H groups in total. The van der Waals surface area contributed by atoms with Crippen LogP contribution in [0.5, 0.6) is 0 Å². The van der Waals surface area contributed by atoms with Crippen LogP contribution in [-0.4, -0.2) is 19.9 Å². The second kappa shape index (κ2) is 5.73. The summed E-state index contributed by atoms with van der Waals surface area (Å²) in [5, 5.41) is 3.21. The molecule has 0 bridgehead atoms. The summed E-state index contributed by atoms with van der Waals surface area (Å²) in [5.41, 5.74) is 2.96. The maximum atomic E-state index is 4.50. The van der Waals surface area contributed by atoms with E-state index in [-0.39, 0.29) is 0 Å². The van der Waals surface area contributed by atoms with Gasteiger partial charge in [0.1, 0.15) is 5.82 Å². The van der Waals surface area contributed by atoms with Crippen molar-refractivity contribution in [1.29, 1.82) is 0 Å². The van der Waals surface area contributed by atoms with Crippen molar-refractivity contribution < 1.29 is 0 Å². The highest BCUT2D eigenvalue weighted by atomic mass is 15.1. The molecule has 2 rings (SSSR count). The van der Waals surface area contributed by atoms with Crippen molar-refractivity contribution in [2.24, 2.45) is 0 Å². The molecule has 100 valence electrons. The van der Waals surface area contributed by atoms with Gasteiger partial charge in [0.05, 0.1) is 12.2 Å². The number of nitrogens with zero attached hydrogens (tertiary/aromatic N) is 4. The van der Waals surface area contributed by atoms with E-state index in [2.05, 4.69) is 39.1 Å². The normalized spacial score (nSPS) is 10.8. The van der Waals surface area contributed by atoms with Crippen LogP contribution in [0.4, 0.5) is 5.95 Å². The van der Waals surface area contributed by atoms with Crippen LogP contribution in [0.1, 0.15) is 42.7 Å². The Hall–Kier alpha value is -2.04. The van der Waals surface area contributed by atoms with Gasteiger partial charge in [-0.15, -0.1) is 0 Å². The molecular formula is C14H19N5. The average molecular weight is 257 g/mol. The van der Waals surface area contributed by atoms with E-state index < -0.39 is 0 Å². The van der Waals surface area contributed by atoms with Gasteiger partial charge in [0, 0.05) is 17.6 Å². The lowest BCUT2D eigenvalue weighted by atomic mass is 10.1. The molecule has 0 aliphatic carbocycles. The summed E-state index contributed by atoms with van der Waals surface area (Å²) in [4.78, 5) is 17.3. The highest BCUT2D eigenvalue weighted by Gasteiger charge is 2.06. The molecular weight excluding hydrogens is 238 g/mol. The van der Waals surface area contributed by atoms with E-state index in [1.54, 1.807) is 6.20 Å². The predicted molar refractivity (Wildman–Crippen MR) is 75.0 cm³/mol. The molecule has 0 amide bonds. The van der Waals surface area contributed by atoms with Gasteiger partial charge in [-0.05, 0) is 31.9 Å². The molecule has 2 aromatic rings. The van der Waals surface area contributed by atoms with E-state index in [1.165, 1.54) is 0 Å². The first-order valence-electron chi connectivity index (χ1n) is 6.42. The second-order valence-electron chi connectivity index (χ2n) is 4.86. The van der Waals surface area contributed by atoms with Crippen molar-refractivity contribution in [3.63, 3.8) is 0 Å². The Bertz CT molecular complexity index is 566. The lowest BCUT2D eigenvalue weighted by Crippen LogP contribution is -2.08. The number of anilines is 1. The molecule has 2 heterocycles. The Morgan fingerprint density at radius 1 is 1.16 bits per heavy atom. The Kier molecular flexibility index (Phi) is 4.04. The zero-order chi connectivity index (χ0) is 13.8. The minimum Gasteiger partial charge on any atom is -0.349 e. The van der Waals surface area contributed by atoms with Crippen LogP contribution in [0.25, 0.3) is 0 Å². The van der Waals surface area contributed by atoms with Crippen LogP contribution in [-0.2, 0) is 6.54 Å². The Labute approximate surface area is 113 Å². The van der Waals surface area contributed by atoms with Crippen LogP contribution >= 0.6 is 0 Å². The third-order valence-corrected chi connectivity index (χ3v) is 2.73. The van der Waals surface area contributed by atoms with Crippen LogP contribution in [0.2, 0.25) is 0 Å². The fraction of sp³-hybridized carbons (Fsp3) is 0.429. The Morgan fingerprint density at radius 3 is 2.63 bits per heavy atom. The molecule has 0 spiro atoms. The second-order valence-corrected chi connectivity index (χ2v) is 4.86. The largest absolute Gasteiger partial charge is 0.349 e. The van der Waals surface area contributed by atoms with E-state index >= 15 is 0 Å². The summed E-state index contributed by atoms with van der Waals surface area (Å²) < 4.78 is 0. The average Bonchev–Trinajstić information content (AvgIpc) is 2.36. The number of hydrogen-bond acceptors (Lipinski definition) is 5. The van der Waals surface area contributed by atoms with Crippen LogP contribution in [0.15, 0.2) is 18.3 Å². The van der Waals surface area contributed by atoms with Crippen molar-refractivity contribution in [1.82, 2.24) is 19.9 Å². The van der Waals surface area contributed by atoms with E-state index in [0.717, 1.165) is 22.9 Å². The highest BCUT2D eigenvalue weighted by molar-refractivity contribution is 5.29. The zero-order valence-corrected chi connectivity index (χ0v) is 11.8. The van der Waals surface area contributed by atoms with Crippen LogP contribution in [0, 0.1) is 13.8 Å². The first-order chi connectivity index (χ1) is 9.04. The summed E-state index contributed by atoms with van der Waals surface area (Å²) in [5.74, 6) is 1.82. The van der Waals surface area contributed by atoms with Gasteiger partial charge in [0.25, 0.3) is 0 Å². The third-order valence-electron chi connectivity index (χ3n) is 2.73. The summed E-state index contributed by atoms with van der Waals surface area (Å²) in [7, 11) is 0. The molecule has 19 heavy (non-hydrogen) atoms. The monoisotopic (exact) mass is 257 g/mol. The van der Waals surface area contributed by atoms with E-state index in [0.29, 0.717) is 18.4 Å².